The molecule has 2 aromatic heterocycles. The summed E-state index contributed by atoms with van der Waals surface area (Å²) in [6.45, 7) is 0.903. The maximum absolute atomic E-state index is 6.13. The number of thiophene rings is 1. The molecule has 0 amide bonds. The molecule has 1 aliphatic heterocycles. The molecule has 1 N–H and O–H groups in total. The van der Waals surface area contributed by atoms with E-state index < -0.39 is 0 Å². The summed E-state index contributed by atoms with van der Waals surface area (Å²) in [4.78, 5) is 1.07. The number of aromatic nitrogens is 2. The van der Waals surface area contributed by atoms with Crippen molar-refractivity contribution in [3.8, 4) is 16.3 Å². The summed E-state index contributed by atoms with van der Waals surface area (Å²) in [6, 6.07) is 9.42. The van der Waals surface area contributed by atoms with Gasteiger partial charge in [0.1, 0.15) is 11.5 Å². The molecule has 3 aromatic rings. The van der Waals surface area contributed by atoms with E-state index in [4.69, 9.17) is 39.9 Å². The van der Waals surface area contributed by atoms with Crippen molar-refractivity contribution in [2.45, 2.75) is 6.42 Å². The number of hydrogen-bond donors (Lipinski definition) is 1. The summed E-state index contributed by atoms with van der Waals surface area (Å²) >= 11 is 19.7. The zero-order chi connectivity index (χ0) is 15.3. The molecule has 1 aliphatic rings. The van der Waals surface area contributed by atoms with Gasteiger partial charge in [-0.25, -0.2) is 4.68 Å². The highest BCUT2D eigenvalue weighted by molar-refractivity contribution is 7.19. The van der Waals surface area contributed by atoms with Crippen molar-refractivity contribution < 1.29 is 0 Å². The Labute approximate surface area is 146 Å². The predicted octanol–water partition coefficient (Wildman–Crippen LogP) is 5.53. The van der Waals surface area contributed by atoms with Crippen LogP contribution < -0.4 is 5.32 Å². The lowest BCUT2D eigenvalue weighted by Crippen LogP contribution is -2.04. The van der Waals surface area contributed by atoms with Crippen LogP contribution in [0.25, 0.3) is 16.3 Å². The highest BCUT2D eigenvalue weighted by atomic mass is 35.5. The van der Waals surface area contributed by atoms with Gasteiger partial charge in [0.05, 0.1) is 24.9 Å². The van der Waals surface area contributed by atoms with Crippen molar-refractivity contribution >= 4 is 52.0 Å². The molecule has 112 valence electrons. The van der Waals surface area contributed by atoms with Gasteiger partial charge in [0.2, 0.25) is 0 Å². The Morgan fingerprint density at radius 2 is 1.95 bits per heavy atom. The van der Waals surface area contributed by atoms with Gasteiger partial charge in [-0.15, -0.1) is 11.3 Å². The molecule has 0 bridgehead atoms. The fourth-order valence-corrected chi connectivity index (χ4v) is 3.97. The zero-order valence-electron chi connectivity index (χ0n) is 11.2. The lowest BCUT2D eigenvalue weighted by molar-refractivity contribution is 0.883. The van der Waals surface area contributed by atoms with Crippen LogP contribution in [0.2, 0.25) is 14.4 Å². The first-order valence-corrected chi connectivity index (χ1v) is 8.65. The predicted molar refractivity (Wildman–Crippen MR) is 94.1 cm³/mol. The average molecular weight is 371 g/mol. The van der Waals surface area contributed by atoms with Crippen LogP contribution in [-0.2, 0) is 6.42 Å². The molecule has 3 nitrogen and oxygen atoms in total. The molecule has 0 saturated carbocycles. The van der Waals surface area contributed by atoms with Gasteiger partial charge in [0.25, 0.3) is 0 Å². The number of nitrogens with zero attached hydrogens (tertiary/aromatic N) is 2. The lowest BCUT2D eigenvalue weighted by atomic mass is 10.2. The Kier molecular flexibility index (Phi) is 3.57. The highest BCUT2D eigenvalue weighted by Crippen LogP contribution is 2.39. The van der Waals surface area contributed by atoms with E-state index in [2.05, 4.69) is 5.32 Å². The molecule has 0 fully saturated rings. The topological polar surface area (TPSA) is 29.9 Å². The highest BCUT2D eigenvalue weighted by Gasteiger charge is 2.24. The van der Waals surface area contributed by atoms with Gasteiger partial charge in [-0.2, -0.15) is 5.10 Å². The molecule has 0 aliphatic carbocycles. The van der Waals surface area contributed by atoms with Gasteiger partial charge in [-0.3, -0.25) is 0 Å². The molecule has 0 saturated heterocycles. The maximum atomic E-state index is 6.13. The van der Waals surface area contributed by atoms with Crippen LogP contribution in [0.3, 0.4) is 0 Å². The summed E-state index contributed by atoms with van der Waals surface area (Å²) in [7, 11) is 0. The fourth-order valence-electron chi connectivity index (χ4n) is 2.62. The number of nitrogens with one attached hydrogen (secondary N) is 1. The molecule has 7 heteroatoms. The summed E-state index contributed by atoms with van der Waals surface area (Å²) in [5.74, 6) is 1.01. The second kappa shape index (κ2) is 5.46. The Balaban J connectivity index is 1.89. The van der Waals surface area contributed by atoms with E-state index >= 15 is 0 Å². The van der Waals surface area contributed by atoms with Gasteiger partial charge >= 0.3 is 0 Å². The molecule has 0 spiro atoms. The Bertz CT molecular complexity index is 869. The number of anilines is 1. The first-order chi connectivity index (χ1) is 10.6. The fraction of sp³-hybridized carbons (Fsp3) is 0.133. The van der Waals surface area contributed by atoms with E-state index in [1.165, 1.54) is 16.9 Å². The standard InChI is InChI=1S/C15H10Cl3N3S/c16-10-2-1-8(7-11(10)17)21-15-9(5-6-19-15)14(20-21)12-3-4-13(18)22-12/h1-4,7,19H,5-6H2. The zero-order valence-corrected chi connectivity index (χ0v) is 14.3. The molecule has 0 atom stereocenters. The molecule has 3 heterocycles. The average Bonchev–Trinajstić information content (AvgIpc) is 3.17. The number of rotatable bonds is 2. The second-order valence-electron chi connectivity index (χ2n) is 4.97. The van der Waals surface area contributed by atoms with E-state index in [1.807, 2.05) is 28.9 Å². The summed E-state index contributed by atoms with van der Waals surface area (Å²) in [6.07, 6.45) is 0.946. The number of halogens is 3. The SMILES string of the molecule is Clc1ccc(-c2nn(-c3ccc(Cl)c(Cl)c3)c3c2CCN3)s1. The maximum Gasteiger partial charge on any atom is 0.133 e. The summed E-state index contributed by atoms with van der Waals surface area (Å²) in [5, 5.41) is 9.21. The van der Waals surface area contributed by atoms with Crippen LogP contribution in [0.4, 0.5) is 5.82 Å². The number of hydrogen-bond acceptors (Lipinski definition) is 3. The molecular formula is C15H10Cl3N3S. The molecule has 4 rings (SSSR count). The minimum absolute atomic E-state index is 0.516. The third kappa shape index (κ3) is 2.31. The van der Waals surface area contributed by atoms with Crippen molar-refractivity contribution in [1.29, 1.82) is 0 Å². The molecular weight excluding hydrogens is 361 g/mol. The Hall–Kier alpha value is -1.20. The number of fused-ring (bicyclic) bond motifs is 1. The van der Waals surface area contributed by atoms with Gasteiger partial charge in [0, 0.05) is 12.1 Å². The largest absolute Gasteiger partial charge is 0.369 e. The minimum Gasteiger partial charge on any atom is -0.369 e. The third-order valence-corrected chi connectivity index (χ3v) is 5.58. The number of benzene rings is 1. The van der Waals surface area contributed by atoms with Crippen molar-refractivity contribution in [2.75, 3.05) is 11.9 Å². The Morgan fingerprint density at radius 3 is 2.68 bits per heavy atom. The van der Waals surface area contributed by atoms with Gasteiger partial charge in [0.15, 0.2) is 0 Å². The normalized spacial score (nSPS) is 13.2. The lowest BCUT2D eigenvalue weighted by Gasteiger charge is -2.07. The van der Waals surface area contributed by atoms with Crippen molar-refractivity contribution in [3.63, 3.8) is 0 Å². The molecule has 0 radical (unpaired) electrons. The van der Waals surface area contributed by atoms with Crippen LogP contribution in [0, 0.1) is 0 Å². The van der Waals surface area contributed by atoms with E-state index in [0.29, 0.717) is 10.0 Å². The third-order valence-electron chi connectivity index (χ3n) is 3.61. The van der Waals surface area contributed by atoms with Crippen LogP contribution in [-0.4, -0.2) is 16.3 Å². The van der Waals surface area contributed by atoms with E-state index in [1.54, 1.807) is 6.07 Å². The van der Waals surface area contributed by atoms with Gasteiger partial charge in [-0.1, -0.05) is 34.8 Å². The van der Waals surface area contributed by atoms with Gasteiger partial charge < -0.3 is 5.32 Å². The van der Waals surface area contributed by atoms with Gasteiger partial charge in [-0.05, 0) is 36.8 Å². The molecule has 1 aromatic carbocycles. The monoisotopic (exact) mass is 369 g/mol. The first kappa shape index (κ1) is 14.4. The van der Waals surface area contributed by atoms with Crippen LogP contribution in [0.1, 0.15) is 5.56 Å². The van der Waals surface area contributed by atoms with Crippen molar-refractivity contribution in [1.82, 2.24) is 9.78 Å². The van der Waals surface area contributed by atoms with Crippen molar-refractivity contribution in [3.05, 3.63) is 50.3 Å². The smallest absolute Gasteiger partial charge is 0.133 e. The van der Waals surface area contributed by atoms with E-state index in [-0.39, 0.29) is 0 Å². The minimum atomic E-state index is 0.516. The van der Waals surface area contributed by atoms with E-state index in [0.717, 1.165) is 39.4 Å². The summed E-state index contributed by atoms with van der Waals surface area (Å²) in [5.41, 5.74) is 3.07. The van der Waals surface area contributed by atoms with Crippen LogP contribution >= 0.6 is 46.1 Å². The second-order valence-corrected chi connectivity index (χ2v) is 7.50. The van der Waals surface area contributed by atoms with Crippen LogP contribution in [0.5, 0.6) is 0 Å². The first-order valence-electron chi connectivity index (χ1n) is 6.70. The van der Waals surface area contributed by atoms with Crippen LogP contribution in [0.15, 0.2) is 30.3 Å². The summed E-state index contributed by atoms with van der Waals surface area (Å²) < 4.78 is 2.65. The van der Waals surface area contributed by atoms with Crippen molar-refractivity contribution in [2.24, 2.45) is 0 Å². The van der Waals surface area contributed by atoms with E-state index in [9.17, 15) is 0 Å². The quantitative estimate of drug-likeness (QED) is 0.643. The molecule has 22 heavy (non-hydrogen) atoms. The molecule has 0 unspecified atom stereocenters. The Morgan fingerprint density at radius 1 is 1.09 bits per heavy atom.